The van der Waals surface area contributed by atoms with Crippen LogP contribution in [0.25, 0.3) is 6.08 Å². The molecule has 0 aromatic heterocycles. The third-order valence-corrected chi connectivity index (χ3v) is 2.16. The van der Waals surface area contributed by atoms with Crippen LogP contribution in [0.2, 0.25) is 0 Å². The first-order valence-corrected chi connectivity index (χ1v) is 4.97. The van der Waals surface area contributed by atoms with E-state index in [1.807, 2.05) is 12.1 Å². The molecule has 0 radical (unpaired) electrons. The number of anilines is 1. The second-order valence-corrected chi connectivity index (χ2v) is 3.52. The summed E-state index contributed by atoms with van der Waals surface area (Å²) in [5, 5.41) is 10.7. The molecule has 4 N–H and O–H groups in total. The highest BCUT2D eigenvalue weighted by Gasteiger charge is 2.14. The summed E-state index contributed by atoms with van der Waals surface area (Å²) in [6.45, 7) is 2.34. The molecule has 0 aliphatic carbocycles. The molecule has 86 valence electrons. The van der Waals surface area contributed by atoms with Crippen LogP contribution in [0.5, 0.6) is 0 Å². The summed E-state index contributed by atoms with van der Waals surface area (Å²) in [5.74, 6) is 0. The molecule has 0 saturated carbocycles. The van der Waals surface area contributed by atoms with E-state index in [0.29, 0.717) is 12.1 Å². The fourth-order valence-electron chi connectivity index (χ4n) is 1.40. The number of nitrogen functional groups attached to an aromatic ring is 1. The van der Waals surface area contributed by atoms with Gasteiger partial charge in [-0.2, -0.15) is 0 Å². The molecular formula is C11H15N3O2. The van der Waals surface area contributed by atoms with Crippen LogP contribution in [0.15, 0.2) is 18.2 Å². The Balaban J connectivity index is 3.14. The first-order valence-electron chi connectivity index (χ1n) is 4.97. The minimum absolute atomic E-state index is 0.0487. The van der Waals surface area contributed by atoms with Gasteiger partial charge in [0.25, 0.3) is 5.69 Å². The third kappa shape index (κ3) is 2.80. The van der Waals surface area contributed by atoms with Crippen LogP contribution >= 0.6 is 0 Å². The number of benzene rings is 1. The summed E-state index contributed by atoms with van der Waals surface area (Å²) in [5.41, 5.74) is 12.7. The maximum Gasteiger partial charge on any atom is 0.292 e. The zero-order valence-electron chi connectivity index (χ0n) is 9.14. The van der Waals surface area contributed by atoms with Crippen molar-refractivity contribution in [1.82, 2.24) is 0 Å². The topological polar surface area (TPSA) is 95.2 Å². The molecule has 0 saturated heterocycles. The third-order valence-electron chi connectivity index (χ3n) is 2.16. The van der Waals surface area contributed by atoms with Crippen molar-refractivity contribution in [3.8, 4) is 0 Å². The van der Waals surface area contributed by atoms with Crippen molar-refractivity contribution in [2.45, 2.75) is 13.3 Å². The van der Waals surface area contributed by atoms with E-state index in [1.54, 1.807) is 13.0 Å². The van der Waals surface area contributed by atoms with E-state index in [9.17, 15) is 10.1 Å². The number of nitro groups is 1. The Morgan fingerprint density at radius 1 is 1.50 bits per heavy atom. The summed E-state index contributed by atoms with van der Waals surface area (Å²) in [7, 11) is 0. The lowest BCUT2D eigenvalue weighted by molar-refractivity contribution is -0.383. The smallest absolute Gasteiger partial charge is 0.292 e. The van der Waals surface area contributed by atoms with E-state index in [2.05, 4.69) is 0 Å². The molecule has 0 heterocycles. The Morgan fingerprint density at radius 3 is 2.75 bits per heavy atom. The van der Waals surface area contributed by atoms with E-state index in [0.717, 1.165) is 12.0 Å². The molecule has 0 aliphatic heterocycles. The SMILES string of the molecule is Cc1cc(C=CCCN)c(N)c([N+](=O)[O-])c1. The number of hydrogen-bond donors (Lipinski definition) is 2. The Kier molecular flexibility index (Phi) is 4.02. The Hall–Kier alpha value is -1.88. The Bertz CT molecular complexity index is 427. The van der Waals surface area contributed by atoms with Gasteiger partial charge < -0.3 is 11.5 Å². The van der Waals surface area contributed by atoms with Crippen molar-refractivity contribution in [2.24, 2.45) is 5.73 Å². The maximum atomic E-state index is 10.7. The highest BCUT2D eigenvalue weighted by atomic mass is 16.6. The molecule has 1 aromatic carbocycles. The van der Waals surface area contributed by atoms with Crippen LogP contribution in [0.1, 0.15) is 17.5 Å². The molecule has 0 amide bonds. The van der Waals surface area contributed by atoms with E-state index < -0.39 is 4.92 Å². The molecule has 5 nitrogen and oxygen atoms in total. The van der Waals surface area contributed by atoms with Gasteiger partial charge in [-0.25, -0.2) is 0 Å². The molecule has 1 aromatic rings. The summed E-state index contributed by atoms with van der Waals surface area (Å²) < 4.78 is 0. The number of hydrogen-bond acceptors (Lipinski definition) is 4. The Labute approximate surface area is 93.9 Å². The lowest BCUT2D eigenvalue weighted by atomic mass is 10.1. The van der Waals surface area contributed by atoms with E-state index in [-0.39, 0.29) is 11.4 Å². The van der Waals surface area contributed by atoms with Crippen molar-refractivity contribution in [1.29, 1.82) is 0 Å². The van der Waals surface area contributed by atoms with Crippen molar-refractivity contribution in [3.05, 3.63) is 39.4 Å². The fourth-order valence-corrected chi connectivity index (χ4v) is 1.40. The van der Waals surface area contributed by atoms with Gasteiger partial charge in [-0.05, 0) is 31.5 Å². The summed E-state index contributed by atoms with van der Waals surface area (Å²) >= 11 is 0. The lowest BCUT2D eigenvalue weighted by Gasteiger charge is -2.03. The van der Waals surface area contributed by atoms with Gasteiger partial charge in [0.2, 0.25) is 0 Å². The predicted octanol–water partition coefficient (Wildman–Crippen LogP) is 1.85. The van der Waals surface area contributed by atoms with Crippen molar-refractivity contribution >= 4 is 17.5 Å². The predicted molar refractivity (Wildman–Crippen MR) is 65.0 cm³/mol. The molecular weight excluding hydrogens is 206 g/mol. The van der Waals surface area contributed by atoms with E-state index in [1.165, 1.54) is 6.07 Å². The van der Waals surface area contributed by atoms with Gasteiger partial charge in [-0.3, -0.25) is 10.1 Å². The van der Waals surface area contributed by atoms with Crippen LogP contribution < -0.4 is 11.5 Å². The molecule has 5 heteroatoms. The van der Waals surface area contributed by atoms with Crippen LogP contribution in [0.4, 0.5) is 11.4 Å². The quantitative estimate of drug-likeness (QED) is 0.460. The van der Waals surface area contributed by atoms with E-state index >= 15 is 0 Å². The maximum absolute atomic E-state index is 10.7. The van der Waals surface area contributed by atoms with Gasteiger partial charge in [0.05, 0.1) is 4.92 Å². The number of rotatable bonds is 4. The average Bonchev–Trinajstić information content (AvgIpc) is 2.22. The summed E-state index contributed by atoms with van der Waals surface area (Å²) in [6.07, 6.45) is 4.35. The first-order chi connectivity index (χ1) is 7.56. The second kappa shape index (κ2) is 5.27. The largest absolute Gasteiger partial charge is 0.393 e. The van der Waals surface area contributed by atoms with Gasteiger partial charge in [0.1, 0.15) is 5.69 Å². The van der Waals surface area contributed by atoms with Gasteiger partial charge in [0, 0.05) is 11.6 Å². The highest BCUT2D eigenvalue weighted by molar-refractivity contribution is 5.74. The molecule has 0 fully saturated rings. The molecule has 0 bridgehead atoms. The standard InChI is InChI=1S/C11H15N3O2/c1-8-6-9(4-2-3-5-12)11(13)10(7-8)14(15)16/h2,4,6-7H,3,5,12-13H2,1H3. The van der Waals surface area contributed by atoms with Crippen molar-refractivity contribution in [3.63, 3.8) is 0 Å². The molecule has 0 aliphatic rings. The van der Waals surface area contributed by atoms with Gasteiger partial charge in [0.15, 0.2) is 0 Å². The van der Waals surface area contributed by atoms with Gasteiger partial charge >= 0.3 is 0 Å². The number of aryl methyl sites for hydroxylation is 1. The van der Waals surface area contributed by atoms with Crippen molar-refractivity contribution < 1.29 is 4.92 Å². The number of nitrogens with two attached hydrogens (primary N) is 2. The van der Waals surface area contributed by atoms with Crippen LogP contribution in [0.3, 0.4) is 0 Å². The minimum Gasteiger partial charge on any atom is -0.393 e. The molecule has 0 spiro atoms. The monoisotopic (exact) mass is 221 g/mol. The zero-order chi connectivity index (χ0) is 12.1. The van der Waals surface area contributed by atoms with Crippen molar-refractivity contribution in [2.75, 3.05) is 12.3 Å². The Morgan fingerprint density at radius 2 is 2.19 bits per heavy atom. The van der Waals surface area contributed by atoms with Gasteiger partial charge in [-0.1, -0.05) is 12.2 Å². The molecule has 1 rings (SSSR count). The van der Waals surface area contributed by atoms with Crippen LogP contribution in [0, 0.1) is 17.0 Å². The molecule has 16 heavy (non-hydrogen) atoms. The van der Waals surface area contributed by atoms with Crippen LogP contribution in [-0.4, -0.2) is 11.5 Å². The lowest BCUT2D eigenvalue weighted by Crippen LogP contribution is -1.99. The van der Waals surface area contributed by atoms with E-state index in [4.69, 9.17) is 11.5 Å². The number of nitrogens with zero attached hydrogens (tertiary/aromatic N) is 1. The summed E-state index contributed by atoms with van der Waals surface area (Å²) in [4.78, 5) is 10.3. The molecule has 0 unspecified atom stereocenters. The normalized spacial score (nSPS) is 10.9. The first kappa shape index (κ1) is 12.2. The second-order valence-electron chi connectivity index (χ2n) is 3.52. The average molecular weight is 221 g/mol. The summed E-state index contributed by atoms with van der Waals surface area (Å²) in [6, 6.07) is 3.28. The van der Waals surface area contributed by atoms with Crippen LogP contribution in [-0.2, 0) is 0 Å². The minimum atomic E-state index is -0.470. The number of nitro benzene ring substituents is 1. The molecule has 0 atom stereocenters. The fraction of sp³-hybridized carbons (Fsp3) is 0.273. The highest BCUT2D eigenvalue weighted by Crippen LogP contribution is 2.27. The van der Waals surface area contributed by atoms with Gasteiger partial charge in [-0.15, -0.1) is 0 Å². The zero-order valence-corrected chi connectivity index (χ0v) is 9.14.